The highest BCUT2D eigenvalue weighted by molar-refractivity contribution is 8.12. The van der Waals surface area contributed by atoms with E-state index >= 15 is 0 Å². The standard InChI is InChI=1S/C14H11N3S2/c15-7-18-9-3-4-11-10(5-9)13-12(6-16-11)17-14(19-13)8-1-2-8/h3-8,15H,1-2H2. The molecule has 1 aliphatic carbocycles. The van der Waals surface area contributed by atoms with Gasteiger partial charge in [-0.25, -0.2) is 4.98 Å². The Kier molecular flexibility index (Phi) is 2.56. The number of thiazole rings is 1. The maximum absolute atomic E-state index is 7.19. The van der Waals surface area contributed by atoms with Gasteiger partial charge in [-0.3, -0.25) is 4.98 Å². The monoisotopic (exact) mass is 285 g/mol. The second-order valence-electron chi connectivity index (χ2n) is 4.71. The van der Waals surface area contributed by atoms with Crippen LogP contribution in [0.5, 0.6) is 0 Å². The fraction of sp³-hybridized carbons (Fsp3) is 0.214. The Morgan fingerprint density at radius 3 is 3.00 bits per heavy atom. The maximum atomic E-state index is 7.19. The SMILES string of the molecule is N=CSc1ccc2ncc3nc(C4CC4)sc3c2c1. The molecule has 2 heterocycles. The van der Waals surface area contributed by atoms with Crippen molar-refractivity contribution in [3.63, 3.8) is 0 Å². The quantitative estimate of drug-likeness (QED) is 0.440. The van der Waals surface area contributed by atoms with Crippen molar-refractivity contribution in [3.8, 4) is 0 Å². The number of hydrogen-bond acceptors (Lipinski definition) is 5. The molecular formula is C14H11N3S2. The van der Waals surface area contributed by atoms with Gasteiger partial charge in [0.25, 0.3) is 0 Å². The van der Waals surface area contributed by atoms with Crippen molar-refractivity contribution >= 4 is 49.8 Å². The molecule has 4 rings (SSSR count). The second kappa shape index (κ2) is 4.28. The van der Waals surface area contributed by atoms with Gasteiger partial charge in [-0.15, -0.1) is 11.3 Å². The lowest BCUT2D eigenvalue weighted by Gasteiger charge is -2.00. The molecule has 1 aliphatic rings. The van der Waals surface area contributed by atoms with Crippen molar-refractivity contribution in [1.82, 2.24) is 9.97 Å². The Labute approximate surface area is 118 Å². The molecule has 3 aromatic rings. The third-order valence-corrected chi connectivity index (χ3v) is 5.24. The fourth-order valence-corrected chi connectivity index (χ4v) is 3.92. The van der Waals surface area contributed by atoms with E-state index in [4.69, 9.17) is 10.4 Å². The molecule has 19 heavy (non-hydrogen) atoms. The maximum Gasteiger partial charge on any atom is 0.100 e. The lowest BCUT2D eigenvalue weighted by Crippen LogP contribution is -1.81. The molecule has 1 saturated carbocycles. The minimum absolute atomic E-state index is 0.687. The lowest BCUT2D eigenvalue weighted by molar-refractivity contribution is 1.10. The van der Waals surface area contributed by atoms with E-state index in [1.54, 1.807) is 11.3 Å². The number of nitrogens with one attached hydrogen (secondary N) is 1. The molecule has 0 spiro atoms. The van der Waals surface area contributed by atoms with Crippen LogP contribution in [0, 0.1) is 5.41 Å². The van der Waals surface area contributed by atoms with Crippen molar-refractivity contribution < 1.29 is 0 Å². The highest BCUT2D eigenvalue weighted by Crippen LogP contribution is 2.44. The summed E-state index contributed by atoms with van der Waals surface area (Å²) < 4.78 is 1.24. The summed E-state index contributed by atoms with van der Waals surface area (Å²) in [7, 11) is 0. The van der Waals surface area contributed by atoms with E-state index in [1.807, 2.05) is 18.3 Å². The number of thioether (sulfide) groups is 1. The molecule has 0 atom stereocenters. The number of pyridine rings is 1. The highest BCUT2D eigenvalue weighted by Gasteiger charge is 2.27. The van der Waals surface area contributed by atoms with Crippen LogP contribution < -0.4 is 0 Å². The first-order valence-electron chi connectivity index (χ1n) is 6.20. The molecule has 2 aromatic heterocycles. The summed E-state index contributed by atoms with van der Waals surface area (Å²) in [5, 5.41) is 9.61. The number of fused-ring (bicyclic) bond motifs is 3. The van der Waals surface area contributed by atoms with Gasteiger partial charge >= 0.3 is 0 Å². The van der Waals surface area contributed by atoms with Gasteiger partial charge in [0, 0.05) is 16.2 Å². The molecule has 0 saturated heterocycles. The van der Waals surface area contributed by atoms with Crippen LogP contribution >= 0.6 is 23.1 Å². The Morgan fingerprint density at radius 2 is 2.21 bits per heavy atom. The molecule has 1 N–H and O–H groups in total. The summed E-state index contributed by atoms with van der Waals surface area (Å²) in [6.45, 7) is 0. The van der Waals surface area contributed by atoms with Gasteiger partial charge in [-0.1, -0.05) is 11.8 Å². The van der Waals surface area contributed by atoms with Gasteiger partial charge in [-0.05, 0) is 31.0 Å². The number of nitrogens with zero attached hydrogens (tertiary/aromatic N) is 2. The molecule has 5 heteroatoms. The van der Waals surface area contributed by atoms with Crippen LogP contribution in [0.2, 0.25) is 0 Å². The molecule has 0 radical (unpaired) electrons. The average Bonchev–Trinajstić information content (AvgIpc) is 3.18. The molecule has 1 aromatic carbocycles. The average molecular weight is 285 g/mol. The Bertz CT molecular complexity index is 790. The van der Waals surface area contributed by atoms with Crippen molar-refractivity contribution in [2.75, 3.05) is 0 Å². The van der Waals surface area contributed by atoms with E-state index in [-0.39, 0.29) is 0 Å². The zero-order valence-corrected chi connectivity index (χ0v) is 11.7. The van der Waals surface area contributed by atoms with E-state index in [0.717, 1.165) is 21.3 Å². The van der Waals surface area contributed by atoms with Crippen LogP contribution in [-0.2, 0) is 0 Å². The highest BCUT2D eigenvalue weighted by atomic mass is 32.2. The number of benzene rings is 1. The molecule has 0 unspecified atom stereocenters. The van der Waals surface area contributed by atoms with Crippen molar-refractivity contribution in [2.45, 2.75) is 23.7 Å². The predicted octanol–water partition coefficient (Wildman–Crippen LogP) is 4.42. The van der Waals surface area contributed by atoms with Crippen molar-refractivity contribution in [3.05, 3.63) is 29.4 Å². The predicted molar refractivity (Wildman–Crippen MR) is 81.5 cm³/mol. The van der Waals surface area contributed by atoms with Gasteiger partial charge < -0.3 is 5.41 Å². The largest absolute Gasteiger partial charge is 0.302 e. The van der Waals surface area contributed by atoms with Crippen LogP contribution in [0.3, 0.4) is 0 Å². The molecule has 0 aliphatic heterocycles. The minimum atomic E-state index is 0.687. The van der Waals surface area contributed by atoms with Gasteiger partial charge in [0.2, 0.25) is 0 Å². The summed E-state index contributed by atoms with van der Waals surface area (Å²) in [6.07, 6.45) is 4.43. The van der Waals surface area contributed by atoms with Crippen LogP contribution in [-0.4, -0.2) is 15.5 Å². The topological polar surface area (TPSA) is 49.6 Å². The lowest BCUT2D eigenvalue weighted by atomic mass is 10.2. The van der Waals surface area contributed by atoms with E-state index in [2.05, 4.69) is 11.1 Å². The third kappa shape index (κ3) is 1.93. The van der Waals surface area contributed by atoms with Crippen molar-refractivity contribution in [2.24, 2.45) is 0 Å². The van der Waals surface area contributed by atoms with Crippen LogP contribution in [0.15, 0.2) is 29.3 Å². The number of hydrogen-bond donors (Lipinski definition) is 1. The van der Waals surface area contributed by atoms with Crippen molar-refractivity contribution in [1.29, 1.82) is 5.41 Å². The van der Waals surface area contributed by atoms with E-state index in [0.29, 0.717) is 5.92 Å². The van der Waals surface area contributed by atoms with Gasteiger partial charge in [-0.2, -0.15) is 0 Å². The third-order valence-electron chi connectivity index (χ3n) is 3.33. The van der Waals surface area contributed by atoms with E-state index in [1.165, 1.54) is 39.9 Å². The van der Waals surface area contributed by atoms with Gasteiger partial charge in [0.1, 0.15) is 5.52 Å². The normalized spacial score (nSPS) is 15.2. The number of rotatable bonds is 3. The molecule has 3 nitrogen and oxygen atoms in total. The fourth-order valence-electron chi connectivity index (χ4n) is 2.22. The van der Waals surface area contributed by atoms with Gasteiger partial charge in [0.15, 0.2) is 0 Å². The molecular weight excluding hydrogens is 274 g/mol. The first-order chi connectivity index (χ1) is 9.35. The summed E-state index contributed by atoms with van der Waals surface area (Å²) in [6, 6.07) is 6.16. The summed E-state index contributed by atoms with van der Waals surface area (Å²) in [5.74, 6) is 0.687. The summed E-state index contributed by atoms with van der Waals surface area (Å²) in [5.41, 5.74) is 3.38. The van der Waals surface area contributed by atoms with E-state index < -0.39 is 0 Å². The zero-order chi connectivity index (χ0) is 12.8. The van der Waals surface area contributed by atoms with Crippen LogP contribution in [0.25, 0.3) is 21.1 Å². The summed E-state index contributed by atoms with van der Waals surface area (Å²) >= 11 is 3.23. The Morgan fingerprint density at radius 1 is 1.32 bits per heavy atom. The van der Waals surface area contributed by atoms with Crippen LogP contribution in [0.1, 0.15) is 23.8 Å². The van der Waals surface area contributed by atoms with Crippen LogP contribution in [0.4, 0.5) is 0 Å². The van der Waals surface area contributed by atoms with Gasteiger partial charge in [0.05, 0.1) is 27.0 Å². The molecule has 1 fully saturated rings. The first-order valence-corrected chi connectivity index (χ1v) is 7.89. The summed E-state index contributed by atoms with van der Waals surface area (Å²) in [4.78, 5) is 10.3. The molecule has 0 amide bonds. The molecule has 94 valence electrons. The second-order valence-corrected chi connectivity index (χ2v) is 6.69. The minimum Gasteiger partial charge on any atom is -0.302 e. The Balaban J connectivity index is 1.98. The Hall–Kier alpha value is -1.46. The molecule has 0 bridgehead atoms. The zero-order valence-electron chi connectivity index (χ0n) is 10.1. The first kappa shape index (κ1) is 11.4. The number of aromatic nitrogens is 2. The van der Waals surface area contributed by atoms with E-state index in [9.17, 15) is 0 Å². The smallest absolute Gasteiger partial charge is 0.100 e.